The Labute approximate surface area is 132 Å². The standard InChI is InChI=1S/C14H18N2O3S2/c1-4-14(5-2,6-3)16-11(17)9-21-13-15-10(8-20-13)7-12(18)19/h1,8H,5-7,9H2,2-3H3,(H,16,17)(H,18,19). The molecule has 0 atom stereocenters. The third-order valence-electron chi connectivity index (χ3n) is 3.05. The number of nitrogens with zero attached hydrogens (tertiary/aromatic N) is 1. The Bertz CT molecular complexity index is 545. The van der Waals surface area contributed by atoms with Gasteiger partial charge in [0.15, 0.2) is 4.34 Å². The van der Waals surface area contributed by atoms with Gasteiger partial charge in [-0.15, -0.1) is 17.8 Å². The highest BCUT2D eigenvalue weighted by atomic mass is 32.2. The molecule has 0 unspecified atom stereocenters. The lowest BCUT2D eigenvalue weighted by Crippen LogP contribution is -2.47. The van der Waals surface area contributed by atoms with E-state index in [0.29, 0.717) is 22.9 Å². The Balaban J connectivity index is 2.51. The van der Waals surface area contributed by atoms with Crippen LogP contribution in [0.2, 0.25) is 0 Å². The zero-order chi connectivity index (χ0) is 15.9. The zero-order valence-electron chi connectivity index (χ0n) is 12.0. The van der Waals surface area contributed by atoms with E-state index in [1.807, 2.05) is 13.8 Å². The number of terminal acetylenes is 1. The van der Waals surface area contributed by atoms with Crippen molar-refractivity contribution >= 4 is 35.0 Å². The molecular formula is C14H18N2O3S2. The van der Waals surface area contributed by atoms with Crippen molar-refractivity contribution < 1.29 is 14.7 Å². The topological polar surface area (TPSA) is 79.3 Å². The summed E-state index contributed by atoms with van der Waals surface area (Å²) in [7, 11) is 0. The van der Waals surface area contributed by atoms with Crippen LogP contribution in [0.25, 0.3) is 0 Å². The van der Waals surface area contributed by atoms with E-state index in [9.17, 15) is 9.59 Å². The number of amides is 1. The summed E-state index contributed by atoms with van der Waals surface area (Å²) >= 11 is 2.62. The predicted molar refractivity (Wildman–Crippen MR) is 84.5 cm³/mol. The largest absolute Gasteiger partial charge is 0.481 e. The average molecular weight is 326 g/mol. The molecule has 0 aliphatic heterocycles. The average Bonchev–Trinajstić information content (AvgIpc) is 2.89. The molecule has 0 aliphatic carbocycles. The van der Waals surface area contributed by atoms with Crippen LogP contribution in [0.4, 0.5) is 0 Å². The van der Waals surface area contributed by atoms with Gasteiger partial charge in [-0.2, -0.15) is 0 Å². The summed E-state index contributed by atoms with van der Waals surface area (Å²) in [6.07, 6.45) is 6.75. The van der Waals surface area contributed by atoms with Crippen LogP contribution >= 0.6 is 23.1 Å². The number of carbonyl (C=O) groups is 2. The number of carbonyl (C=O) groups excluding carboxylic acids is 1. The maximum atomic E-state index is 11.9. The van der Waals surface area contributed by atoms with Crippen molar-refractivity contribution in [2.75, 3.05) is 5.75 Å². The van der Waals surface area contributed by atoms with Gasteiger partial charge in [-0.3, -0.25) is 9.59 Å². The molecule has 0 radical (unpaired) electrons. The van der Waals surface area contributed by atoms with E-state index in [1.165, 1.54) is 23.1 Å². The van der Waals surface area contributed by atoms with E-state index < -0.39 is 11.5 Å². The minimum absolute atomic E-state index is 0.102. The minimum atomic E-state index is -0.917. The number of thiazole rings is 1. The molecule has 1 rings (SSSR count). The maximum absolute atomic E-state index is 11.9. The molecule has 0 aromatic carbocycles. The Kier molecular flexibility index (Phi) is 6.72. The smallest absolute Gasteiger partial charge is 0.309 e. The van der Waals surface area contributed by atoms with Crippen molar-refractivity contribution in [3.05, 3.63) is 11.1 Å². The van der Waals surface area contributed by atoms with Crippen LogP contribution in [0.5, 0.6) is 0 Å². The van der Waals surface area contributed by atoms with Crippen LogP contribution in [-0.2, 0) is 16.0 Å². The monoisotopic (exact) mass is 326 g/mol. The third kappa shape index (κ3) is 5.40. The van der Waals surface area contributed by atoms with Crippen molar-refractivity contribution in [1.82, 2.24) is 10.3 Å². The van der Waals surface area contributed by atoms with Crippen LogP contribution < -0.4 is 5.32 Å². The first-order valence-electron chi connectivity index (χ1n) is 6.52. The molecule has 1 aromatic heterocycles. The predicted octanol–water partition coefficient (Wildman–Crippen LogP) is 2.17. The zero-order valence-corrected chi connectivity index (χ0v) is 13.6. The molecule has 0 saturated carbocycles. The molecule has 0 aliphatic rings. The van der Waals surface area contributed by atoms with Gasteiger partial charge < -0.3 is 10.4 Å². The molecule has 0 fully saturated rings. The Morgan fingerprint density at radius 1 is 1.52 bits per heavy atom. The quantitative estimate of drug-likeness (QED) is 0.565. The fraction of sp³-hybridized carbons (Fsp3) is 0.500. The van der Waals surface area contributed by atoms with Crippen molar-refractivity contribution in [3.63, 3.8) is 0 Å². The van der Waals surface area contributed by atoms with Gasteiger partial charge in [-0.05, 0) is 12.8 Å². The molecule has 21 heavy (non-hydrogen) atoms. The SMILES string of the molecule is C#CC(CC)(CC)NC(=O)CSc1nc(CC(=O)O)cs1. The van der Waals surface area contributed by atoms with Crippen LogP contribution in [0.15, 0.2) is 9.72 Å². The first-order chi connectivity index (χ1) is 9.94. The van der Waals surface area contributed by atoms with Crippen molar-refractivity contribution in [2.24, 2.45) is 0 Å². The fourth-order valence-electron chi connectivity index (χ4n) is 1.69. The molecule has 0 bridgehead atoms. The number of rotatable bonds is 8. The number of hydrogen-bond donors (Lipinski definition) is 2. The molecule has 2 N–H and O–H groups in total. The highest BCUT2D eigenvalue weighted by molar-refractivity contribution is 8.01. The first kappa shape index (κ1) is 17.5. The van der Waals surface area contributed by atoms with Crippen LogP contribution in [-0.4, -0.2) is 33.3 Å². The molecule has 0 spiro atoms. The number of nitrogens with one attached hydrogen (secondary N) is 1. The van der Waals surface area contributed by atoms with Crippen molar-refractivity contribution in [1.29, 1.82) is 0 Å². The molecule has 0 saturated heterocycles. The summed E-state index contributed by atoms with van der Waals surface area (Å²) in [4.78, 5) is 26.7. The number of carboxylic acids is 1. The summed E-state index contributed by atoms with van der Waals surface area (Å²) in [5.41, 5.74) is -0.0786. The molecule has 7 heteroatoms. The van der Waals surface area contributed by atoms with Gasteiger partial charge in [0.05, 0.1) is 17.9 Å². The van der Waals surface area contributed by atoms with Gasteiger partial charge in [-0.25, -0.2) is 4.98 Å². The van der Waals surface area contributed by atoms with Gasteiger partial charge >= 0.3 is 5.97 Å². The highest BCUT2D eigenvalue weighted by Crippen LogP contribution is 2.23. The lowest BCUT2D eigenvalue weighted by atomic mass is 9.94. The Hall–Kier alpha value is -1.52. The van der Waals surface area contributed by atoms with E-state index in [1.54, 1.807) is 5.38 Å². The summed E-state index contributed by atoms with van der Waals surface area (Å²) in [5, 5.41) is 13.2. The molecular weight excluding hydrogens is 308 g/mol. The van der Waals surface area contributed by atoms with Crippen LogP contribution in [0.1, 0.15) is 32.4 Å². The van der Waals surface area contributed by atoms with E-state index >= 15 is 0 Å². The Morgan fingerprint density at radius 3 is 2.71 bits per heavy atom. The van der Waals surface area contributed by atoms with Crippen LogP contribution in [0, 0.1) is 12.3 Å². The molecule has 1 amide bonds. The lowest BCUT2D eigenvalue weighted by molar-refractivity contribution is -0.136. The van der Waals surface area contributed by atoms with Crippen molar-refractivity contribution in [3.8, 4) is 12.3 Å². The maximum Gasteiger partial charge on any atom is 0.309 e. The number of aromatic nitrogens is 1. The second-order valence-corrected chi connectivity index (χ2v) is 6.53. The second kappa shape index (κ2) is 8.05. The van der Waals surface area contributed by atoms with Gasteiger partial charge in [0.2, 0.25) is 5.91 Å². The summed E-state index contributed by atoms with van der Waals surface area (Å²) in [5.74, 6) is 1.80. The van der Waals surface area contributed by atoms with E-state index in [-0.39, 0.29) is 18.1 Å². The van der Waals surface area contributed by atoms with Crippen LogP contribution in [0.3, 0.4) is 0 Å². The Morgan fingerprint density at radius 2 is 2.19 bits per heavy atom. The number of aliphatic carboxylic acids is 1. The molecule has 114 valence electrons. The summed E-state index contributed by atoms with van der Waals surface area (Å²) < 4.78 is 0.681. The fourth-order valence-corrected chi connectivity index (χ4v) is 3.33. The van der Waals surface area contributed by atoms with Gasteiger partial charge in [-0.1, -0.05) is 31.5 Å². The summed E-state index contributed by atoms with van der Waals surface area (Å²) in [6, 6.07) is 0. The lowest BCUT2D eigenvalue weighted by Gasteiger charge is -2.26. The van der Waals surface area contributed by atoms with E-state index in [0.717, 1.165) is 0 Å². The highest BCUT2D eigenvalue weighted by Gasteiger charge is 2.25. The van der Waals surface area contributed by atoms with E-state index in [2.05, 4.69) is 16.2 Å². The number of hydrogen-bond acceptors (Lipinski definition) is 5. The molecule has 1 aromatic rings. The number of thioether (sulfide) groups is 1. The van der Waals surface area contributed by atoms with Gasteiger partial charge in [0.25, 0.3) is 0 Å². The van der Waals surface area contributed by atoms with E-state index in [4.69, 9.17) is 11.5 Å². The third-order valence-corrected chi connectivity index (χ3v) is 5.12. The first-order valence-corrected chi connectivity index (χ1v) is 8.39. The molecule has 1 heterocycles. The summed E-state index contributed by atoms with van der Waals surface area (Å²) in [6.45, 7) is 3.88. The minimum Gasteiger partial charge on any atom is -0.481 e. The van der Waals surface area contributed by atoms with Gasteiger partial charge in [0.1, 0.15) is 5.54 Å². The number of carboxylic acid groups (broad SMARTS) is 1. The van der Waals surface area contributed by atoms with Crippen molar-refractivity contribution in [2.45, 2.75) is 43.0 Å². The normalized spacial score (nSPS) is 10.9. The molecule has 5 nitrogen and oxygen atoms in total. The van der Waals surface area contributed by atoms with Gasteiger partial charge in [0, 0.05) is 5.38 Å². The second-order valence-electron chi connectivity index (χ2n) is 4.45.